The Morgan fingerprint density at radius 1 is 1.15 bits per heavy atom. The van der Waals surface area contributed by atoms with Gasteiger partial charge in [0.1, 0.15) is 0 Å². The molecular weight excluding hydrogens is 178 g/mol. The van der Waals surface area contributed by atoms with Crippen molar-refractivity contribution in [2.75, 3.05) is 0 Å². The van der Waals surface area contributed by atoms with Crippen LogP contribution in [-0.4, -0.2) is 5.71 Å². The fourth-order valence-electron chi connectivity index (χ4n) is 0.978. The Balaban J connectivity index is 2.55. The first-order valence-electron chi connectivity index (χ1n) is 4.64. The monoisotopic (exact) mass is 193 g/mol. The molecule has 0 unspecified atom stereocenters. The van der Waals surface area contributed by atoms with Gasteiger partial charge in [-0.3, -0.25) is 0 Å². The van der Waals surface area contributed by atoms with Crippen molar-refractivity contribution in [3.05, 3.63) is 30.3 Å². The minimum absolute atomic E-state index is 1.05. The summed E-state index contributed by atoms with van der Waals surface area (Å²) in [4.78, 5) is 1.21. The average Bonchev–Trinajstić information content (AvgIpc) is 2.21. The highest BCUT2D eigenvalue weighted by atomic mass is 32.2. The van der Waals surface area contributed by atoms with E-state index < -0.39 is 0 Å². The topological polar surface area (TPSA) is 12.4 Å². The van der Waals surface area contributed by atoms with E-state index in [1.54, 1.807) is 11.9 Å². The molecule has 0 amide bonds. The molecular formula is C11H15NS. The van der Waals surface area contributed by atoms with Crippen molar-refractivity contribution in [1.82, 2.24) is 0 Å². The van der Waals surface area contributed by atoms with Crippen LogP contribution in [0.4, 0.5) is 0 Å². The van der Waals surface area contributed by atoms with Crippen molar-refractivity contribution in [2.24, 2.45) is 4.40 Å². The van der Waals surface area contributed by atoms with E-state index >= 15 is 0 Å². The first-order chi connectivity index (χ1) is 6.36. The summed E-state index contributed by atoms with van der Waals surface area (Å²) in [5.41, 5.74) is 1.27. The third-order valence-electron chi connectivity index (χ3n) is 1.84. The van der Waals surface area contributed by atoms with Gasteiger partial charge in [-0.2, -0.15) is 0 Å². The SMILES string of the molecule is CCC(CC)=NSc1ccccc1. The van der Waals surface area contributed by atoms with E-state index in [9.17, 15) is 0 Å². The summed E-state index contributed by atoms with van der Waals surface area (Å²) in [6.07, 6.45) is 2.10. The summed E-state index contributed by atoms with van der Waals surface area (Å²) < 4.78 is 4.46. The Morgan fingerprint density at radius 2 is 1.77 bits per heavy atom. The lowest BCUT2D eigenvalue weighted by atomic mass is 10.2. The maximum atomic E-state index is 4.46. The highest BCUT2D eigenvalue weighted by molar-refractivity contribution is 7.98. The van der Waals surface area contributed by atoms with Gasteiger partial charge in [-0.25, -0.2) is 4.40 Å². The second-order valence-electron chi connectivity index (χ2n) is 2.77. The molecule has 0 aliphatic heterocycles. The fraction of sp³-hybridized carbons (Fsp3) is 0.364. The Labute approximate surface area is 84.4 Å². The molecule has 0 atom stereocenters. The molecule has 0 aliphatic rings. The van der Waals surface area contributed by atoms with E-state index in [2.05, 4.69) is 30.4 Å². The van der Waals surface area contributed by atoms with Gasteiger partial charge in [0.05, 0.1) is 0 Å². The molecule has 0 bridgehead atoms. The predicted molar refractivity (Wildman–Crippen MR) is 60.3 cm³/mol. The molecule has 0 saturated carbocycles. The van der Waals surface area contributed by atoms with Crippen molar-refractivity contribution < 1.29 is 0 Å². The molecule has 0 N–H and O–H groups in total. The van der Waals surface area contributed by atoms with E-state index in [1.807, 2.05) is 18.2 Å². The number of hydrogen-bond donors (Lipinski definition) is 0. The average molecular weight is 193 g/mol. The number of rotatable bonds is 4. The Bertz CT molecular complexity index is 261. The first kappa shape index (κ1) is 10.3. The van der Waals surface area contributed by atoms with E-state index in [-0.39, 0.29) is 0 Å². The van der Waals surface area contributed by atoms with Crippen molar-refractivity contribution in [3.8, 4) is 0 Å². The molecule has 1 rings (SSSR count). The molecule has 0 radical (unpaired) electrons. The molecule has 13 heavy (non-hydrogen) atoms. The normalized spacial score (nSPS) is 9.69. The molecule has 0 saturated heterocycles. The lowest BCUT2D eigenvalue weighted by molar-refractivity contribution is 1.16. The van der Waals surface area contributed by atoms with Gasteiger partial charge in [0.2, 0.25) is 0 Å². The van der Waals surface area contributed by atoms with Crippen LogP contribution in [0.15, 0.2) is 39.6 Å². The van der Waals surface area contributed by atoms with Gasteiger partial charge >= 0.3 is 0 Å². The van der Waals surface area contributed by atoms with Crippen LogP contribution < -0.4 is 0 Å². The van der Waals surface area contributed by atoms with E-state index in [4.69, 9.17) is 0 Å². The van der Waals surface area contributed by atoms with Crippen molar-refractivity contribution in [3.63, 3.8) is 0 Å². The van der Waals surface area contributed by atoms with E-state index in [0.29, 0.717) is 0 Å². The van der Waals surface area contributed by atoms with Crippen LogP contribution in [0.1, 0.15) is 26.7 Å². The lowest BCUT2D eigenvalue weighted by Gasteiger charge is -1.98. The summed E-state index contributed by atoms with van der Waals surface area (Å²) in [7, 11) is 0. The first-order valence-corrected chi connectivity index (χ1v) is 5.42. The van der Waals surface area contributed by atoms with Crippen LogP contribution in [0.2, 0.25) is 0 Å². The van der Waals surface area contributed by atoms with Crippen LogP contribution in [0, 0.1) is 0 Å². The number of benzene rings is 1. The molecule has 1 nitrogen and oxygen atoms in total. The number of nitrogens with zero attached hydrogens (tertiary/aromatic N) is 1. The molecule has 70 valence electrons. The van der Waals surface area contributed by atoms with Gasteiger partial charge in [-0.05, 0) is 25.0 Å². The zero-order valence-electron chi connectivity index (χ0n) is 8.16. The Hall–Kier alpha value is -0.760. The molecule has 0 fully saturated rings. The summed E-state index contributed by atoms with van der Waals surface area (Å²) in [6.45, 7) is 4.29. The van der Waals surface area contributed by atoms with Crippen molar-refractivity contribution >= 4 is 17.7 Å². The fourth-order valence-corrected chi connectivity index (χ4v) is 1.75. The largest absolute Gasteiger partial charge is 0.220 e. The van der Waals surface area contributed by atoms with Crippen LogP contribution in [-0.2, 0) is 0 Å². The van der Waals surface area contributed by atoms with Crippen LogP contribution in [0.3, 0.4) is 0 Å². The van der Waals surface area contributed by atoms with E-state index in [0.717, 1.165) is 12.8 Å². The third kappa shape index (κ3) is 3.64. The predicted octanol–water partition coefficient (Wildman–Crippen LogP) is 3.95. The van der Waals surface area contributed by atoms with Gasteiger partial charge < -0.3 is 0 Å². The maximum Gasteiger partial charge on any atom is 0.0305 e. The summed E-state index contributed by atoms with van der Waals surface area (Å²) in [5.74, 6) is 0. The van der Waals surface area contributed by atoms with E-state index in [1.165, 1.54) is 10.6 Å². The second-order valence-corrected chi connectivity index (χ2v) is 3.61. The summed E-state index contributed by atoms with van der Waals surface area (Å²) in [5, 5.41) is 0. The Kier molecular flexibility index (Phi) is 4.61. The highest BCUT2D eigenvalue weighted by Crippen LogP contribution is 2.19. The standard InChI is InChI=1S/C11H15NS/c1-3-10(4-2)12-13-11-8-6-5-7-9-11/h5-9H,3-4H2,1-2H3. The summed E-state index contributed by atoms with van der Waals surface area (Å²) in [6, 6.07) is 10.3. The summed E-state index contributed by atoms with van der Waals surface area (Å²) >= 11 is 1.57. The zero-order chi connectivity index (χ0) is 9.52. The zero-order valence-corrected chi connectivity index (χ0v) is 8.97. The maximum absolute atomic E-state index is 4.46. The van der Waals surface area contributed by atoms with Crippen molar-refractivity contribution in [1.29, 1.82) is 0 Å². The third-order valence-corrected chi connectivity index (χ3v) is 2.67. The van der Waals surface area contributed by atoms with Gasteiger partial charge in [0.25, 0.3) is 0 Å². The van der Waals surface area contributed by atoms with Crippen LogP contribution >= 0.6 is 11.9 Å². The molecule has 0 aromatic heterocycles. The van der Waals surface area contributed by atoms with Gasteiger partial charge in [0.15, 0.2) is 0 Å². The molecule has 1 aromatic rings. The van der Waals surface area contributed by atoms with Crippen LogP contribution in [0.5, 0.6) is 0 Å². The minimum atomic E-state index is 1.05. The molecule has 2 heteroatoms. The molecule has 0 aliphatic carbocycles. The van der Waals surface area contributed by atoms with Crippen LogP contribution in [0.25, 0.3) is 0 Å². The van der Waals surface area contributed by atoms with Gasteiger partial charge in [0, 0.05) is 22.6 Å². The molecule has 0 heterocycles. The quantitative estimate of drug-likeness (QED) is 0.521. The second kappa shape index (κ2) is 5.81. The van der Waals surface area contributed by atoms with Crippen molar-refractivity contribution in [2.45, 2.75) is 31.6 Å². The van der Waals surface area contributed by atoms with Gasteiger partial charge in [-0.1, -0.05) is 32.0 Å². The molecule has 1 aromatic carbocycles. The number of hydrogen-bond acceptors (Lipinski definition) is 2. The Morgan fingerprint density at radius 3 is 2.31 bits per heavy atom. The minimum Gasteiger partial charge on any atom is -0.220 e. The van der Waals surface area contributed by atoms with Gasteiger partial charge in [-0.15, -0.1) is 0 Å². The highest BCUT2D eigenvalue weighted by Gasteiger charge is 1.93. The molecule has 0 spiro atoms. The smallest absolute Gasteiger partial charge is 0.0305 e. The lowest BCUT2D eigenvalue weighted by Crippen LogP contribution is -1.90.